The van der Waals surface area contributed by atoms with Gasteiger partial charge in [0.25, 0.3) is 0 Å². The molecule has 16 heavy (non-hydrogen) atoms. The Balaban J connectivity index is 0.00000225. The zero-order valence-corrected chi connectivity index (χ0v) is 12.1. The molecule has 0 radical (unpaired) electrons. The number of rotatable bonds is 2. The third-order valence-electron chi connectivity index (χ3n) is 1.51. The first-order chi connectivity index (χ1) is 6.91. The smallest absolute Gasteiger partial charge is 0.768 e. The maximum absolute atomic E-state index is 13.1. The Morgan fingerprint density at radius 2 is 2.12 bits per heavy atom. The molecule has 0 aromatic heterocycles. The molecule has 1 aromatic rings. The second-order valence-corrected chi connectivity index (χ2v) is 3.99. The van der Waals surface area contributed by atoms with Crippen LogP contribution in [0.3, 0.4) is 0 Å². The van der Waals surface area contributed by atoms with Crippen LogP contribution in [-0.4, -0.2) is 14.7 Å². The molecular weight excluding hydrogens is 268 g/mol. The topological polar surface area (TPSA) is 69.2 Å². The molecule has 0 spiro atoms. The normalized spacial score (nSPS) is 11.5. The molecule has 1 atom stereocenters. The number of hydrogen-bond acceptors (Lipinski definition) is 3. The summed E-state index contributed by atoms with van der Waals surface area (Å²) in [5, 5.41) is 2.23. The summed E-state index contributed by atoms with van der Waals surface area (Å²) < 4.78 is 34.2. The van der Waals surface area contributed by atoms with Crippen LogP contribution in [0, 0.1) is 5.82 Å². The fourth-order valence-corrected chi connectivity index (χ4v) is 1.65. The monoisotopic (exact) mass is 273 g/mol. The molecule has 0 heterocycles. The van der Waals surface area contributed by atoms with E-state index in [4.69, 9.17) is 11.6 Å². The first kappa shape index (κ1) is 16.0. The van der Waals surface area contributed by atoms with Gasteiger partial charge in [0.2, 0.25) is 5.91 Å². The summed E-state index contributed by atoms with van der Waals surface area (Å²) >= 11 is 2.94. The van der Waals surface area contributed by atoms with E-state index in [1.807, 2.05) is 0 Å². The number of carbonyl (C=O) groups excluding carboxylic acids is 1. The molecule has 82 valence electrons. The van der Waals surface area contributed by atoms with Crippen molar-refractivity contribution >= 4 is 34.3 Å². The van der Waals surface area contributed by atoms with Crippen molar-refractivity contribution in [2.24, 2.45) is 0 Å². The minimum absolute atomic E-state index is 0. The van der Waals surface area contributed by atoms with Crippen LogP contribution in [-0.2, 0) is 15.9 Å². The Kier molecular flexibility index (Phi) is 6.69. The number of carbonyl (C=O) groups is 1. The van der Waals surface area contributed by atoms with Gasteiger partial charge in [-0.3, -0.25) is 9.00 Å². The molecule has 0 aliphatic carbocycles. The fraction of sp³-hybridized carbons (Fsp3) is 0.125. The van der Waals surface area contributed by atoms with Crippen molar-refractivity contribution in [1.82, 2.24) is 0 Å². The van der Waals surface area contributed by atoms with Crippen LogP contribution in [0.25, 0.3) is 0 Å². The molecule has 1 amide bonds. The van der Waals surface area contributed by atoms with Crippen LogP contribution in [0.5, 0.6) is 0 Å². The molecule has 0 saturated heterocycles. The van der Waals surface area contributed by atoms with Gasteiger partial charge in [-0.25, -0.2) is 4.39 Å². The Hall–Kier alpha value is 0.0200. The number of hydrogen-bond donors (Lipinski definition) is 1. The van der Waals surface area contributed by atoms with Crippen LogP contribution in [0.2, 0.25) is 5.02 Å². The van der Waals surface area contributed by atoms with Crippen molar-refractivity contribution < 1.29 is 47.5 Å². The summed E-state index contributed by atoms with van der Waals surface area (Å²) in [6, 6.07) is 1.79. The number of halogens is 2. The van der Waals surface area contributed by atoms with Crippen molar-refractivity contribution in [3.63, 3.8) is 0 Å². The van der Waals surface area contributed by atoms with E-state index in [0.717, 1.165) is 12.1 Å². The molecule has 0 fully saturated rings. The van der Waals surface area contributed by atoms with E-state index in [0.29, 0.717) is 0 Å². The van der Waals surface area contributed by atoms with Gasteiger partial charge in [-0.15, -0.1) is 0 Å². The predicted octanol–water partition coefficient (Wildman–Crippen LogP) is -1.32. The standard InChI is InChI=1S/C8H7ClFNO3S.Na/c1-4(12)11-7-3-6(10)8(15(13)14)2-5(7)9;/h2-3H,1H3,(H,11,12)(H,13,14);/q;+1/p-1. The molecule has 1 unspecified atom stereocenters. The van der Waals surface area contributed by atoms with Crippen LogP contribution in [0.4, 0.5) is 10.1 Å². The SMILES string of the molecule is CC(=O)Nc1cc(F)c(S(=O)[O-])cc1Cl.[Na+]. The zero-order chi connectivity index (χ0) is 11.6. The molecule has 0 bridgehead atoms. The van der Waals surface area contributed by atoms with Crippen molar-refractivity contribution in [2.45, 2.75) is 11.8 Å². The maximum atomic E-state index is 13.1. The van der Waals surface area contributed by atoms with E-state index in [1.165, 1.54) is 6.92 Å². The Morgan fingerprint density at radius 1 is 1.56 bits per heavy atom. The maximum Gasteiger partial charge on any atom is 1.00 e. The quantitative estimate of drug-likeness (QED) is 0.537. The van der Waals surface area contributed by atoms with Gasteiger partial charge in [-0.05, 0) is 17.1 Å². The summed E-state index contributed by atoms with van der Waals surface area (Å²) in [5.74, 6) is -1.39. The third kappa shape index (κ3) is 4.12. The number of benzene rings is 1. The van der Waals surface area contributed by atoms with Crippen LogP contribution in [0.15, 0.2) is 17.0 Å². The molecule has 1 rings (SSSR count). The minimum atomic E-state index is -2.69. The zero-order valence-electron chi connectivity index (χ0n) is 8.54. The second-order valence-electron chi connectivity index (χ2n) is 2.68. The van der Waals surface area contributed by atoms with Gasteiger partial charge in [0.1, 0.15) is 5.82 Å². The second kappa shape index (κ2) is 6.68. The van der Waals surface area contributed by atoms with E-state index in [1.54, 1.807) is 0 Å². The molecule has 8 heteroatoms. The number of anilines is 1. The van der Waals surface area contributed by atoms with Crippen LogP contribution >= 0.6 is 11.6 Å². The van der Waals surface area contributed by atoms with Gasteiger partial charge in [0, 0.05) is 13.0 Å². The number of amides is 1. The molecule has 4 nitrogen and oxygen atoms in total. The van der Waals surface area contributed by atoms with Gasteiger partial charge in [0.05, 0.1) is 15.6 Å². The van der Waals surface area contributed by atoms with Gasteiger partial charge in [-0.2, -0.15) is 0 Å². The average Bonchev–Trinajstić information content (AvgIpc) is 2.09. The summed E-state index contributed by atoms with van der Waals surface area (Å²) in [4.78, 5) is 10.1. The van der Waals surface area contributed by atoms with Crippen molar-refractivity contribution in [2.75, 3.05) is 5.32 Å². The fourth-order valence-electron chi connectivity index (χ4n) is 0.942. The van der Waals surface area contributed by atoms with Crippen LogP contribution < -0.4 is 34.9 Å². The molecular formula is C8H6ClFNNaO3S. The minimum Gasteiger partial charge on any atom is -0.768 e. The summed E-state index contributed by atoms with van der Waals surface area (Å²) in [7, 11) is 0. The molecule has 1 aromatic carbocycles. The summed E-state index contributed by atoms with van der Waals surface area (Å²) in [6.07, 6.45) is 0. The van der Waals surface area contributed by atoms with Crippen molar-refractivity contribution in [3.8, 4) is 0 Å². The molecule has 1 N–H and O–H groups in total. The molecule has 0 aliphatic heterocycles. The third-order valence-corrected chi connectivity index (χ3v) is 2.50. The summed E-state index contributed by atoms with van der Waals surface area (Å²) in [5.41, 5.74) is 0.0378. The van der Waals surface area contributed by atoms with E-state index >= 15 is 0 Å². The summed E-state index contributed by atoms with van der Waals surface area (Å²) in [6.45, 7) is 1.23. The van der Waals surface area contributed by atoms with E-state index in [9.17, 15) is 17.9 Å². The van der Waals surface area contributed by atoms with Crippen molar-refractivity contribution in [1.29, 1.82) is 0 Å². The molecule has 0 saturated carbocycles. The van der Waals surface area contributed by atoms with Crippen LogP contribution in [0.1, 0.15) is 6.92 Å². The van der Waals surface area contributed by atoms with Gasteiger partial charge in [0.15, 0.2) is 0 Å². The predicted molar refractivity (Wildman–Crippen MR) is 52.9 cm³/mol. The van der Waals surface area contributed by atoms with Gasteiger partial charge < -0.3 is 9.87 Å². The Bertz CT molecular complexity index is 444. The van der Waals surface area contributed by atoms with E-state index < -0.39 is 27.7 Å². The largest absolute Gasteiger partial charge is 1.00 e. The molecule has 0 aliphatic rings. The van der Waals surface area contributed by atoms with E-state index in [-0.39, 0.29) is 40.3 Å². The van der Waals surface area contributed by atoms with Gasteiger partial charge >= 0.3 is 29.6 Å². The first-order valence-electron chi connectivity index (χ1n) is 3.77. The van der Waals surface area contributed by atoms with Crippen molar-refractivity contribution in [3.05, 3.63) is 23.0 Å². The average molecular weight is 274 g/mol. The Morgan fingerprint density at radius 3 is 2.56 bits per heavy atom. The van der Waals surface area contributed by atoms with E-state index in [2.05, 4.69) is 5.32 Å². The Labute approximate surface area is 121 Å². The van der Waals surface area contributed by atoms with Gasteiger partial charge in [-0.1, -0.05) is 11.6 Å². The number of nitrogens with one attached hydrogen (secondary N) is 1. The first-order valence-corrected chi connectivity index (χ1v) is 5.23.